The monoisotopic (exact) mass is 307 g/mol. The Morgan fingerprint density at radius 3 is 2.86 bits per heavy atom. The van der Waals surface area contributed by atoms with E-state index in [0.29, 0.717) is 11.1 Å². The Hall–Kier alpha value is -1.10. The van der Waals surface area contributed by atoms with E-state index in [1.54, 1.807) is 0 Å². The maximum atomic E-state index is 12.2. The van der Waals surface area contributed by atoms with E-state index >= 15 is 0 Å². The summed E-state index contributed by atoms with van der Waals surface area (Å²) in [5, 5.41) is 7.11. The second-order valence-corrected chi connectivity index (χ2v) is 6.37. The lowest BCUT2D eigenvalue weighted by Crippen LogP contribution is -2.45. The van der Waals surface area contributed by atoms with Crippen molar-refractivity contribution >= 4 is 23.2 Å². The van der Waals surface area contributed by atoms with E-state index in [2.05, 4.69) is 22.5 Å². The lowest BCUT2D eigenvalue weighted by atomic mass is 10.0. The Morgan fingerprint density at radius 2 is 2.14 bits per heavy atom. The summed E-state index contributed by atoms with van der Waals surface area (Å²) in [6, 6.07) is 5.71. The van der Waals surface area contributed by atoms with Crippen molar-refractivity contribution in [3.63, 3.8) is 0 Å². The van der Waals surface area contributed by atoms with Gasteiger partial charge in [0.1, 0.15) is 6.04 Å². The van der Waals surface area contributed by atoms with Gasteiger partial charge in [-0.1, -0.05) is 18.5 Å². The minimum Gasteiger partial charge on any atom is -0.324 e. The standard InChI is InChI=1S/C16H22ClN3O/c1-2-7-20-8-5-12(6-9-20)18-15-13-10-11(17)3-4-14(13)19-16(15)21/h3-4,10,12,15,18H,2,5-9H2,1H3,(H,19,21). The molecule has 1 saturated heterocycles. The maximum Gasteiger partial charge on any atom is 0.246 e. The first kappa shape index (κ1) is 14.8. The second-order valence-electron chi connectivity index (χ2n) is 5.94. The Kier molecular flexibility index (Phi) is 4.48. The van der Waals surface area contributed by atoms with Gasteiger partial charge in [0.2, 0.25) is 5.91 Å². The number of piperidine rings is 1. The number of rotatable bonds is 4. The third kappa shape index (κ3) is 3.23. The second kappa shape index (κ2) is 6.34. The van der Waals surface area contributed by atoms with E-state index in [1.165, 1.54) is 13.0 Å². The van der Waals surface area contributed by atoms with Gasteiger partial charge in [0.05, 0.1) is 0 Å². The van der Waals surface area contributed by atoms with Crippen molar-refractivity contribution in [3.05, 3.63) is 28.8 Å². The van der Waals surface area contributed by atoms with Crippen LogP contribution in [0, 0.1) is 0 Å². The molecule has 3 rings (SSSR count). The van der Waals surface area contributed by atoms with E-state index in [1.807, 2.05) is 18.2 Å². The molecule has 4 nitrogen and oxygen atoms in total. The van der Waals surface area contributed by atoms with E-state index in [9.17, 15) is 4.79 Å². The molecule has 2 aliphatic heterocycles. The molecule has 2 heterocycles. The summed E-state index contributed by atoms with van der Waals surface area (Å²) in [5.74, 6) is 0.0308. The summed E-state index contributed by atoms with van der Waals surface area (Å²) in [4.78, 5) is 14.7. The number of carbonyl (C=O) groups excluding carboxylic acids is 1. The Balaban J connectivity index is 1.64. The molecule has 0 bridgehead atoms. The molecule has 1 amide bonds. The van der Waals surface area contributed by atoms with Gasteiger partial charge >= 0.3 is 0 Å². The topological polar surface area (TPSA) is 44.4 Å². The van der Waals surface area contributed by atoms with Crippen molar-refractivity contribution in [3.8, 4) is 0 Å². The molecule has 1 aromatic carbocycles. The minimum atomic E-state index is -0.263. The normalized spacial score (nSPS) is 23.1. The quantitative estimate of drug-likeness (QED) is 0.899. The molecule has 1 unspecified atom stereocenters. The highest BCUT2D eigenvalue weighted by Crippen LogP contribution is 2.33. The number of amides is 1. The molecule has 21 heavy (non-hydrogen) atoms. The van der Waals surface area contributed by atoms with E-state index < -0.39 is 0 Å². The maximum absolute atomic E-state index is 12.2. The number of hydrogen-bond acceptors (Lipinski definition) is 3. The number of carbonyl (C=O) groups is 1. The van der Waals surface area contributed by atoms with Gasteiger partial charge in [-0.25, -0.2) is 0 Å². The molecule has 114 valence electrons. The molecular formula is C16H22ClN3O. The Bertz CT molecular complexity index is 526. The number of halogens is 1. The van der Waals surface area contributed by atoms with E-state index in [0.717, 1.165) is 37.2 Å². The summed E-state index contributed by atoms with van der Waals surface area (Å²) in [7, 11) is 0. The molecule has 2 aliphatic rings. The summed E-state index contributed by atoms with van der Waals surface area (Å²) in [5.41, 5.74) is 1.86. The van der Waals surface area contributed by atoms with Gasteiger partial charge < -0.3 is 10.2 Å². The molecule has 1 fully saturated rings. The number of hydrogen-bond donors (Lipinski definition) is 2. The predicted molar refractivity (Wildman–Crippen MR) is 85.7 cm³/mol. The van der Waals surface area contributed by atoms with Crippen molar-refractivity contribution in [2.24, 2.45) is 0 Å². The van der Waals surface area contributed by atoms with E-state index in [4.69, 9.17) is 11.6 Å². The predicted octanol–water partition coefficient (Wildman–Crippen LogP) is 2.80. The van der Waals surface area contributed by atoms with Crippen LogP contribution in [0.15, 0.2) is 18.2 Å². The van der Waals surface area contributed by atoms with E-state index in [-0.39, 0.29) is 11.9 Å². The zero-order valence-electron chi connectivity index (χ0n) is 12.4. The van der Waals surface area contributed by atoms with Gasteiger partial charge in [-0.05, 0) is 57.1 Å². The largest absolute Gasteiger partial charge is 0.324 e. The van der Waals surface area contributed by atoms with Crippen LogP contribution in [0.5, 0.6) is 0 Å². The molecule has 1 atom stereocenters. The van der Waals surface area contributed by atoms with Gasteiger partial charge in [0, 0.05) is 22.3 Å². The molecular weight excluding hydrogens is 286 g/mol. The van der Waals surface area contributed by atoms with Gasteiger partial charge in [0.25, 0.3) is 0 Å². The Labute approximate surface area is 130 Å². The molecule has 2 N–H and O–H groups in total. The van der Waals surface area contributed by atoms with Crippen molar-refractivity contribution < 1.29 is 4.79 Å². The van der Waals surface area contributed by atoms with Crippen LogP contribution in [0.1, 0.15) is 37.8 Å². The number of nitrogens with zero attached hydrogens (tertiary/aromatic N) is 1. The molecule has 0 radical (unpaired) electrons. The first-order valence-corrected chi connectivity index (χ1v) is 8.14. The minimum absolute atomic E-state index is 0.0308. The zero-order chi connectivity index (χ0) is 14.8. The molecule has 0 spiro atoms. The highest BCUT2D eigenvalue weighted by Gasteiger charge is 2.33. The Morgan fingerprint density at radius 1 is 1.38 bits per heavy atom. The summed E-state index contributed by atoms with van der Waals surface area (Å²) < 4.78 is 0. The molecule has 0 saturated carbocycles. The van der Waals surface area contributed by atoms with Crippen molar-refractivity contribution in [1.82, 2.24) is 10.2 Å². The summed E-state index contributed by atoms with van der Waals surface area (Å²) in [6.45, 7) is 5.62. The number of anilines is 1. The first-order chi connectivity index (χ1) is 10.2. The molecule has 1 aromatic rings. The highest BCUT2D eigenvalue weighted by atomic mass is 35.5. The molecule has 5 heteroatoms. The third-order valence-corrected chi connectivity index (χ3v) is 4.61. The fourth-order valence-corrected chi connectivity index (χ4v) is 3.45. The fourth-order valence-electron chi connectivity index (χ4n) is 3.27. The highest BCUT2D eigenvalue weighted by molar-refractivity contribution is 6.31. The SMILES string of the molecule is CCCN1CCC(NC2C(=O)Nc3ccc(Cl)cc32)CC1. The van der Waals surface area contributed by atoms with Gasteiger partial charge in [-0.3, -0.25) is 10.1 Å². The lowest BCUT2D eigenvalue weighted by Gasteiger charge is -2.33. The van der Waals surface area contributed by atoms with Gasteiger partial charge in [-0.15, -0.1) is 0 Å². The van der Waals surface area contributed by atoms with Crippen LogP contribution in [0.2, 0.25) is 5.02 Å². The summed E-state index contributed by atoms with van der Waals surface area (Å²) in [6.07, 6.45) is 3.40. The first-order valence-electron chi connectivity index (χ1n) is 7.76. The smallest absolute Gasteiger partial charge is 0.246 e. The van der Waals surface area contributed by atoms with Crippen molar-refractivity contribution in [2.45, 2.75) is 38.3 Å². The van der Waals surface area contributed by atoms with Crippen LogP contribution in [-0.2, 0) is 4.79 Å². The van der Waals surface area contributed by atoms with Crippen LogP contribution >= 0.6 is 11.6 Å². The molecule has 0 aromatic heterocycles. The number of nitrogens with one attached hydrogen (secondary N) is 2. The van der Waals surface area contributed by atoms with Crippen molar-refractivity contribution in [1.29, 1.82) is 0 Å². The number of fused-ring (bicyclic) bond motifs is 1. The number of benzene rings is 1. The van der Waals surface area contributed by atoms with Crippen LogP contribution in [0.4, 0.5) is 5.69 Å². The van der Waals surface area contributed by atoms with Crippen LogP contribution in [0.3, 0.4) is 0 Å². The summed E-state index contributed by atoms with van der Waals surface area (Å²) >= 11 is 6.06. The van der Waals surface area contributed by atoms with Gasteiger partial charge in [0.15, 0.2) is 0 Å². The average Bonchev–Trinajstić information content (AvgIpc) is 2.77. The van der Waals surface area contributed by atoms with Gasteiger partial charge in [-0.2, -0.15) is 0 Å². The lowest BCUT2D eigenvalue weighted by molar-refractivity contribution is -0.118. The zero-order valence-corrected chi connectivity index (χ0v) is 13.1. The molecule has 0 aliphatic carbocycles. The van der Waals surface area contributed by atoms with Crippen LogP contribution in [0.25, 0.3) is 0 Å². The number of likely N-dealkylation sites (tertiary alicyclic amines) is 1. The van der Waals surface area contributed by atoms with Crippen LogP contribution in [-0.4, -0.2) is 36.5 Å². The van der Waals surface area contributed by atoms with Crippen LogP contribution < -0.4 is 10.6 Å². The van der Waals surface area contributed by atoms with Crippen molar-refractivity contribution in [2.75, 3.05) is 25.0 Å². The third-order valence-electron chi connectivity index (χ3n) is 4.37. The fraction of sp³-hybridized carbons (Fsp3) is 0.562. The average molecular weight is 308 g/mol.